The first kappa shape index (κ1) is 21.7. The van der Waals surface area contributed by atoms with Gasteiger partial charge < -0.3 is 20.5 Å². The molecule has 0 bridgehead atoms. The van der Waals surface area contributed by atoms with Crippen molar-refractivity contribution in [3.63, 3.8) is 0 Å². The lowest BCUT2D eigenvalue weighted by atomic mass is 10.0. The second-order valence-electron chi connectivity index (χ2n) is 7.46. The zero-order chi connectivity index (χ0) is 22.7. The highest BCUT2D eigenvalue weighted by Crippen LogP contribution is 2.33. The predicted octanol–water partition coefficient (Wildman–Crippen LogP) is 1.15. The molecule has 2 heterocycles. The molecule has 4 rings (SSSR count). The van der Waals surface area contributed by atoms with Crippen molar-refractivity contribution in [2.75, 3.05) is 32.8 Å². The Morgan fingerprint density at radius 1 is 1.22 bits per heavy atom. The zero-order valence-electron chi connectivity index (χ0n) is 17.1. The highest BCUT2D eigenvalue weighted by atomic mass is 19.1. The van der Waals surface area contributed by atoms with Crippen LogP contribution in [0.5, 0.6) is 5.75 Å². The topological polar surface area (TPSA) is 106 Å². The van der Waals surface area contributed by atoms with E-state index in [4.69, 9.17) is 15.2 Å². The van der Waals surface area contributed by atoms with Crippen LogP contribution in [0.3, 0.4) is 0 Å². The first-order valence-corrected chi connectivity index (χ1v) is 10.1. The summed E-state index contributed by atoms with van der Waals surface area (Å²) in [5.74, 6) is -2.18. The second-order valence-corrected chi connectivity index (χ2v) is 7.46. The number of aliphatic imine (C=N–C) groups is 1. The van der Waals surface area contributed by atoms with Gasteiger partial charge in [-0.1, -0.05) is 18.2 Å². The fourth-order valence-electron chi connectivity index (χ4n) is 3.63. The van der Waals surface area contributed by atoms with E-state index in [1.807, 2.05) is 4.90 Å². The van der Waals surface area contributed by atoms with Crippen molar-refractivity contribution in [3.8, 4) is 5.75 Å². The molecule has 0 saturated carbocycles. The number of hydrogen-bond donors (Lipinski definition) is 2. The van der Waals surface area contributed by atoms with Crippen molar-refractivity contribution in [1.29, 1.82) is 0 Å². The van der Waals surface area contributed by atoms with Crippen LogP contribution in [0.1, 0.15) is 17.2 Å². The van der Waals surface area contributed by atoms with Crippen molar-refractivity contribution in [3.05, 3.63) is 65.2 Å². The Kier molecular flexibility index (Phi) is 6.31. The summed E-state index contributed by atoms with van der Waals surface area (Å²) in [5.41, 5.74) is 5.57. The van der Waals surface area contributed by atoms with E-state index in [-0.39, 0.29) is 11.8 Å². The van der Waals surface area contributed by atoms with Crippen LogP contribution in [-0.4, -0.2) is 61.4 Å². The largest absolute Gasteiger partial charge is 0.492 e. The summed E-state index contributed by atoms with van der Waals surface area (Å²) in [6.07, 6.45) is -0.914. The van der Waals surface area contributed by atoms with Crippen LogP contribution >= 0.6 is 0 Å². The number of nitrogens with zero attached hydrogens (tertiary/aromatic N) is 2. The molecule has 1 saturated heterocycles. The molecule has 3 N–H and O–H groups in total. The summed E-state index contributed by atoms with van der Waals surface area (Å²) in [6, 6.07) is 9.02. The van der Waals surface area contributed by atoms with Gasteiger partial charge in [0.15, 0.2) is 12.1 Å². The van der Waals surface area contributed by atoms with Crippen molar-refractivity contribution < 1.29 is 27.8 Å². The highest BCUT2D eigenvalue weighted by Gasteiger charge is 2.38. The Bertz CT molecular complexity index is 1020. The molecule has 2 aliphatic rings. The van der Waals surface area contributed by atoms with Crippen LogP contribution in [0.2, 0.25) is 0 Å². The van der Waals surface area contributed by atoms with E-state index in [9.17, 15) is 18.4 Å². The summed E-state index contributed by atoms with van der Waals surface area (Å²) in [7, 11) is 0. The van der Waals surface area contributed by atoms with E-state index in [1.165, 1.54) is 6.07 Å². The number of carbonyl (C=O) groups excluding carboxylic acids is 2. The summed E-state index contributed by atoms with van der Waals surface area (Å²) in [6.45, 7) is 2.75. The molecule has 32 heavy (non-hydrogen) atoms. The van der Waals surface area contributed by atoms with E-state index >= 15 is 0 Å². The van der Waals surface area contributed by atoms with E-state index in [2.05, 4.69) is 10.3 Å². The average Bonchev–Trinajstić information content (AvgIpc) is 3.19. The number of amides is 2. The molecule has 0 spiro atoms. The van der Waals surface area contributed by atoms with Crippen LogP contribution in [0.4, 0.5) is 8.78 Å². The third-order valence-electron chi connectivity index (χ3n) is 5.25. The van der Waals surface area contributed by atoms with Gasteiger partial charge in [-0.05, 0) is 29.8 Å². The van der Waals surface area contributed by atoms with E-state index < -0.39 is 35.3 Å². The Morgan fingerprint density at radius 3 is 2.59 bits per heavy atom. The van der Waals surface area contributed by atoms with E-state index in [1.54, 1.807) is 24.3 Å². The van der Waals surface area contributed by atoms with Gasteiger partial charge in [0.1, 0.15) is 29.6 Å². The van der Waals surface area contributed by atoms with Crippen LogP contribution < -0.4 is 15.8 Å². The monoisotopic (exact) mass is 444 g/mol. The third kappa shape index (κ3) is 4.70. The predicted molar refractivity (Wildman–Crippen MR) is 111 cm³/mol. The Morgan fingerprint density at radius 2 is 1.94 bits per heavy atom. The first-order valence-electron chi connectivity index (χ1n) is 10.1. The normalized spacial score (nSPS) is 20.9. The molecule has 1 fully saturated rings. The van der Waals surface area contributed by atoms with Crippen molar-refractivity contribution in [1.82, 2.24) is 10.2 Å². The van der Waals surface area contributed by atoms with Crippen molar-refractivity contribution in [2.45, 2.75) is 12.1 Å². The number of hydrogen-bond acceptors (Lipinski definition) is 6. The fraction of sp³-hybridized carbons (Fsp3) is 0.318. The second kappa shape index (κ2) is 9.31. The molecular weight excluding hydrogens is 422 g/mol. The molecule has 0 aliphatic carbocycles. The molecule has 2 atom stereocenters. The standard InChI is InChI=1S/C22H22F2N4O4/c23-15-2-1-3-16(24)18(15)22-27-19(21(25)30)20(32-22)13-4-6-14(7-5-13)31-11-10-28-9-8-26-17(29)12-28/h1-7,19-20H,8-12H2,(H2,25,30)(H,26,29). The molecule has 8 nitrogen and oxygen atoms in total. The van der Waals surface area contributed by atoms with Gasteiger partial charge in [0, 0.05) is 19.6 Å². The van der Waals surface area contributed by atoms with Gasteiger partial charge in [0.05, 0.1) is 6.54 Å². The maximum Gasteiger partial charge on any atom is 0.246 e. The number of nitrogens with two attached hydrogens (primary N) is 1. The van der Waals surface area contributed by atoms with Crippen molar-refractivity contribution >= 4 is 17.7 Å². The number of rotatable bonds is 7. The van der Waals surface area contributed by atoms with Gasteiger partial charge in [-0.25, -0.2) is 13.8 Å². The van der Waals surface area contributed by atoms with Crippen molar-refractivity contribution in [2.24, 2.45) is 10.7 Å². The number of piperazine rings is 1. The third-order valence-corrected chi connectivity index (χ3v) is 5.25. The number of benzene rings is 2. The average molecular weight is 444 g/mol. The lowest BCUT2D eigenvalue weighted by molar-refractivity contribution is -0.124. The van der Waals surface area contributed by atoms with E-state index in [0.29, 0.717) is 37.6 Å². The summed E-state index contributed by atoms with van der Waals surface area (Å²) in [4.78, 5) is 29.3. The van der Waals surface area contributed by atoms with Gasteiger partial charge >= 0.3 is 0 Å². The van der Waals surface area contributed by atoms with Gasteiger partial charge in [0.2, 0.25) is 17.7 Å². The molecule has 2 aromatic rings. The molecule has 2 unspecified atom stereocenters. The number of ether oxygens (including phenoxy) is 2. The molecule has 168 valence electrons. The molecule has 10 heteroatoms. The Hall–Kier alpha value is -3.53. The first-order chi connectivity index (χ1) is 15.4. The molecule has 2 aromatic carbocycles. The lowest BCUT2D eigenvalue weighted by Crippen LogP contribution is -2.48. The minimum Gasteiger partial charge on any atom is -0.492 e. The summed E-state index contributed by atoms with van der Waals surface area (Å²) >= 11 is 0. The maximum atomic E-state index is 14.1. The van der Waals surface area contributed by atoms with Gasteiger partial charge in [-0.15, -0.1) is 0 Å². The fourth-order valence-corrected chi connectivity index (χ4v) is 3.63. The van der Waals surface area contributed by atoms with Gasteiger partial charge in [-0.2, -0.15) is 0 Å². The summed E-state index contributed by atoms with van der Waals surface area (Å²) < 4.78 is 39.6. The zero-order valence-corrected chi connectivity index (χ0v) is 17.1. The Labute approximate surface area is 183 Å². The van der Waals surface area contributed by atoms with Crippen LogP contribution in [0.25, 0.3) is 0 Å². The van der Waals surface area contributed by atoms with E-state index in [0.717, 1.165) is 18.7 Å². The Balaban J connectivity index is 1.42. The minimum atomic E-state index is -1.12. The quantitative estimate of drug-likeness (QED) is 0.667. The molecule has 2 aliphatic heterocycles. The number of primary amides is 1. The molecule has 0 aromatic heterocycles. The summed E-state index contributed by atoms with van der Waals surface area (Å²) in [5, 5.41) is 2.77. The number of halogens is 2. The maximum absolute atomic E-state index is 14.1. The van der Waals surface area contributed by atoms with Gasteiger partial charge in [0.25, 0.3) is 0 Å². The minimum absolute atomic E-state index is 0.00183. The molecule has 0 radical (unpaired) electrons. The SMILES string of the molecule is NC(=O)C1N=C(c2c(F)cccc2F)OC1c1ccc(OCCN2CCNC(=O)C2)cc1. The number of nitrogens with one attached hydrogen (secondary N) is 1. The lowest BCUT2D eigenvalue weighted by Gasteiger charge is -2.26. The van der Waals surface area contributed by atoms with Gasteiger partial charge in [-0.3, -0.25) is 14.5 Å². The number of carbonyl (C=O) groups is 2. The van der Waals surface area contributed by atoms with Crippen LogP contribution in [-0.2, 0) is 14.3 Å². The highest BCUT2D eigenvalue weighted by molar-refractivity contribution is 5.99. The smallest absolute Gasteiger partial charge is 0.246 e. The van der Waals surface area contributed by atoms with Crippen LogP contribution in [0.15, 0.2) is 47.5 Å². The molecule has 2 amide bonds. The molecular formula is C22H22F2N4O4. The van der Waals surface area contributed by atoms with Crippen LogP contribution in [0, 0.1) is 11.6 Å².